The number of carboxylic acid groups (broad SMARTS) is 2. The summed E-state index contributed by atoms with van der Waals surface area (Å²) in [5.41, 5.74) is 3.35. The third-order valence-corrected chi connectivity index (χ3v) is 3.54. The molecule has 1 atom stereocenters. The molecule has 2 rings (SSSR count). The van der Waals surface area contributed by atoms with E-state index >= 15 is 0 Å². The Morgan fingerprint density at radius 1 is 1.14 bits per heavy atom. The molecule has 1 aromatic carbocycles. The molecule has 0 aromatic heterocycles. The number of carbonyl (C=O) groups excluding carboxylic acids is 1. The minimum Gasteiger partial charge on any atom is -0.481 e. The molecule has 0 heterocycles. The van der Waals surface area contributed by atoms with Crippen molar-refractivity contribution < 1.29 is 24.6 Å². The molecule has 1 amide bonds. The van der Waals surface area contributed by atoms with Gasteiger partial charge in [0.25, 0.3) is 0 Å². The van der Waals surface area contributed by atoms with Gasteiger partial charge in [-0.15, -0.1) is 0 Å². The van der Waals surface area contributed by atoms with E-state index in [2.05, 4.69) is 5.32 Å². The maximum absolute atomic E-state index is 11.8. The van der Waals surface area contributed by atoms with Gasteiger partial charge in [-0.3, -0.25) is 9.59 Å². The summed E-state index contributed by atoms with van der Waals surface area (Å²) in [5, 5.41) is 19.8. The number of hydrogen-bond acceptors (Lipinski definition) is 3. The number of nitrogens with one attached hydrogen (secondary N) is 1. The molecule has 0 saturated heterocycles. The van der Waals surface area contributed by atoms with E-state index < -0.39 is 30.3 Å². The Morgan fingerprint density at radius 3 is 2.52 bits per heavy atom. The summed E-state index contributed by atoms with van der Waals surface area (Å²) in [5.74, 6) is -3.10. The number of carbonyl (C=O) groups is 3. The van der Waals surface area contributed by atoms with Crippen molar-refractivity contribution in [1.82, 2.24) is 5.32 Å². The number of rotatable bonds is 6. The van der Waals surface area contributed by atoms with Crippen molar-refractivity contribution in [3.63, 3.8) is 0 Å². The molecule has 1 aliphatic carbocycles. The first-order valence-corrected chi connectivity index (χ1v) is 6.80. The fourth-order valence-electron chi connectivity index (χ4n) is 2.54. The van der Waals surface area contributed by atoms with Crippen molar-refractivity contribution in [2.75, 3.05) is 0 Å². The lowest BCUT2D eigenvalue weighted by molar-refractivity contribution is -0.147. The van der Waals surface area contributed by atoms with Crippen LogP contribution in [0.25, 0.3) is 0 Å². The predicted molar refractivity (Wildman–Crippen MR) is 74.0 cm³/mol. The summed E-state index contributed by atoms with van der Waals surface area (Å²) < 4.78 is 0. The van der Waals surface area contributed by atoms with Crippen molar-refractivity contribution in [2.24, 2.45) is 0 Å². The van der Waals surface area contributed by atoms with Crippen LogP contribution < -0.4 is 5.32 Å². The Hall–Kier alpha value is -2.37. The molecule has 0 fully saturated rings. The van der Waals surface area contributed by atoms with E-state index in [9.17, 15) is 14.4 Å². The summed E-state index contributed by atoms with van der Waals surface area (Å²) in [7, 11) is 0. The first-order chi connectivity index (χ1) is 9.95. The van der Waals surface area contributed by atoms with Gasteiger partial charge in [0.2, 0.25) is 5.91 Å². The summed E-state index contributed by atoms with van der Waals surface area (Å²) in [6, 6.07) is 4.42. The van der Waals surface area contributed by atoms with Crippen molar-refractivity contribution in [2.45, 2.75) is 38.1 Å². The molecule has 21 heavy (non-hydrogen) atoms. The number of aliphatic carboxylic acids is 2. The van der Waals surface area contributed by atoms with Gasteiger partial charge < -0.3 is 15.5 Å². The number of benzene rings is 1. The Labute approximate surface area is 121 Å². The zero-order chi connectivity index (χ0) is 15.4. The van der Waals surface area contributed by atoms with Crippen molar-refractivity contribution >= 4 is 17.8 Å². The lowest BCUT2D eigenvalue weighted by Crippen LogP contribution is -2.42. The van der Waals surface area contributed by atoms with Gasteiger partial charge in [0, 0.05) is 0 Å². The monoisotopic (exact) mass is 291 g/mol. The van der Waals surface area contributed by atoms with Gasteiger partial charge in [0.1, 0.15) is 6.04 Å². The maximum atomic E-state index is 11.8. The largest absolute Gasteiger partial charge is 0.481 e. The smallest absolute Gasteiger partial charge is 0.326 e. The van der Waals surface area contributed by atoms with Gasteiger partial charge in [0.15, 0.2) is 0 Å². The fraction of sp³-hybridized carbons (Fsp3) is 0.400. The van der Waals surface area contributed by atoms with Gasteiger partial charge in [-0.1, -0.05) is 18.2 Å². The number of aryl methyl sites for hydroxylation is 2. The fourth-order valence-corrected chi connectivity index (χ4v) is 2.54. The second-order valence-electron chi connectivity index (χ2n) is 5.19. The lowest BCUT2D eigenvalue weighted by atomic mass is 10.0. The Balaban J connectivity index is 1.97. The van der Waals surface area contributed by atoms with Crippen LogP contribution in [-0.4, -0.2) is 34.1 Å². The van der Waals surface area contributed by atoms with Crippen LogP contribution >= 0.6 is 0 Å². The average molecular weight is 291 g/mol. The van der Waals surface area contributed by atoms with Crippen LogP contribution in [0.15, 0.2) is 18.2 Å². The summed E-state index contributed by atoms with van der Waals surface area (Å²) in [4.78, 5) is 33.3. The number of carboxylic acids is 2. The van der Waals surface area contributed by atoms with Crippen LogP contribution in [0, 0.1) is 0 Å². The highest BCUT2D eigenvalue weighted by atomic mass is 16.4. The molecule has 0 aliphatic heterocycles. The molecule has 112 valence electrons. The lowest BCUT2D eigenvalue weighted by Gasteiger charge is -2.12. The van der Waals surface area contributed by atoms with E-state index in [1.165, 1.54) is 11.1 Å². The van der Waals surface area contributed by atoms with Crippen LogP contribution in [0.4, 0.5) is 0 Å². The standard InChI is InChI=1S/C15H17NO5/c17-13(16-12(15(20)21)8-14(18)19)7-9-4-5-10-2-1-3-11(10)6-9/h4-6,12H,1-3,7-8H2,(H,16,17)(H,18,19)(H,20,21)/t12-/m1/s1. The van der Waals surface area contributed by atoms with Gasteiger partial charge in [-0.05, 0) is 36.0 Å². The Bertz CT molecular complexity index is 581. The van der Waals surface area contributed by atoms with Crippen molar-refractivity contribution in [3.8, 4) is 0 Å². The first-order valence-electron chi connectivity index (χ1n) is 6.80. The van der Waals surface area contributed by atoms with E-state index in [1.54, 1.807) is 0 Å². The van der Waals surface area contributed by atoms with Crippen LogP contribution in [0.1, 0.15) is 29.5 Å². The topological polar surface area (TPSA) is 104 Å². The molecule has 1 aliphatic rings. The van der Waals surface area contributed by atoms with E-state index in [4.69, 9.17) is 10.2 Å². The SMILES string of the molecule is O=C(O)C[C@@H](NC(=O)Cc1ccc2c(c1)CCC2)C(=O)O. The third-order valence-electron chi connectivity index (χ3n) is 3.54. The summed E-state index contributed by atoms with van der Waals surface area (Å²) in [6.07, 6.45) is 2.59. The zero-order valence-electron chi connectivity index (χ0n) is 11.5. The molecule has 6 heteroatoms. The van der Waals surface area contributed by atoms with Crippen LogP contribution in [0.2, 0.25) is 0 Å². The number of fused-ring (bicyclic) bond motifs is 1. The molecule has 0 unspecified atom stereocenters. The molecule has 0 spiro atoms. The number of amides is 1. The van der Waals surface area contributed by atoms with Crippen LogP contribution in [-0.2, 0) is 33.6 Å². The van der Waals surface area contributed by atoms with E-state index in [0.717, 1.165) is 24.8 Å². The van der Waals surface area contributed by atoms with Gasteiger partial charge >= 0.3 is 11.9 Å². The van der Waals surface area contributed by atoms with Gasteiger partial charge in [-0.2, -0.15) is 0 Å². The molecule has 3 N–H and O–H groups in total. The first kappa shape index (κ1) is 15.0. The quantitative estimate of drug-likeness (QED) is 0.718. The van der Waals surface area contributed by atoms with E-state index in [-0.39, 0.29) is 6.42 Å². The van der Waals surface area contributed by atoms with Crippen LogP contribution in [0.3, 0.4) is 0 Å². The normalized spacial score (nSPS) is 14.3. The zero-order valence-corrected chi connectivity index (χ0v) is 11.5. The highest BCUT2D eigenvalue weighted by Gasteiger charge is 2.23. The molecule has 0 radical (unpaired) electrons. The van der Waals surface area contributed by atoms with Crippen molar-refractivity contribution in [1.29, 1.82) is 0 Å². The molecular weight excluding hydrogens is 274 g/mol. The second kappa shape index (κ2) is 6.39. The van der Waals surface area contributed by atoms with Crippen molar-refractivity contribution in [3.05, 3.63) is 34.9 Å². The summed E-state index contributed by atoms with van der Waals surface area (Å²) in [6.45, 7) is 0. The van der Waals surface area contributed by atoms with Gasteiger partial charge in [-0.25, -0.2) is 4.79 Å². The highest BCUT2D eigenvalue weighted by molar-refractivity contribution is 5.87. The predicted octanol–water partition coefficient (Wildman–Crippen LogP) is 0.762. The van der Waals surface area contributed by atoms with E-state index in [1.807, 2.05) is 18.2 Å². The minimum absolute atomic E-state index is 0.0523. The van der Waals surface area contributed by atoms with Crippen LogP contribution in [0.5, 0.6) is 0 Å². The van der Waals surface area contributed by atoms with E-state index in [0.29, 0.717) is 0 Å². The molecule has 0 saturated carbocycles. The molecular formula is C15H17NO5. The minimum atomic E-state index is -1.40. The summed E-state index contributed by atoms with van der Waals surface area (Å²) >= 11 is 0. The highest BCUT2D eigenvalue weighted by Crippen LogP contribution is 2.22. The number of hydrogen-bond donors (Lipinski definition) is 3. The molecule has 6 nitrogen and oxygen atoms in total. The third kappa shape index (κ3) is 4.05. The maximum Gasteiger partial charge on any atom is 0.326 e. The Kier molecular flexibility index (Phi) is 4.57. The van der Waals surface area contributed by atoms with Gasteiger partial charge in [0.05, 0.1) is 12.8 Å². The second-order valence-corrected chi connectivity index (χ2v) is 5.19. The molecule has 0 bridgehead atoms. The molecule has 1 aromatic rings. The average Bonchev–Trinajstić information content (AvgIpc) is 2.84. The Morgan fingerprint density at radius 2 is 1.86 bits per heavy atom.